The number of carbonyl (C=O) groups excluding carboxylic acids is 2. The highest BCUT2D eigenvalue weighted by atomic mass is 32.1. The maximum absolute atomic E-state index is 12.4. The van der Waals surface area contributed by atoms with Gasteiger partial charge in [-0.3, -0.25) is 14.3 Å². The maximum Gasteiger partial charge on any atom is 0.262 e. The van der Waals surface area contributed by atoms with E-state index in [0.717, 1.165) is 24.4 Å². The Hall–Kier alpha value is -2.15. The Bertz CT molecular complexity index is 707. The fourth-order valence-electron chi connectivity index (χ4n) is 2.61. The molecule has 2 amide bonds. The number of hydrogen-bond donors (Lipinski definition) is 2. The molecule has 0 aliphatic rings. The normalized spacial score (nSPS) is 12.2. The number of rotatable bonds is 8. The number of hydrogen-bond acceptors (Lipinski definition) is 4. The first-order valence-corrected chi connectivity index (χ1v) is 9.39. The molecule has 2 heterocycles. The first-order chi connectivity index (χ1) is 11.9. The van der Waals surface area contributed by atoms with Crippen LogP contribution in [-0.2, 0) is 11.3 Å². The van der Waals surface area contributed by atoms with E-state index in [1.807, 2.05) is 49.9 Å². The standard InChI is InChI=1S/C18H26N4O2S/c1-12(2)16(20-17(23)15-7-5-10-25-15)18(24)19-8-6-9-22-14(4)11-13(3)21-22/h5,7,10-12,16H,6,8-9H2,1-4H3,(H,19,24)(H,20,23)/t16-/m0/s1. The van der Waals surface area contributed by atoms with Crippen molar-refractivity contribution in [2.45, 2.75) is 46.7 Å². The summed E-state index contributed by atoms with van der Waals surface area (Å²) in [7, 11) is 0. The smallest absolute Gasteiger partial charge is 0.262 e. The molecule has 2 aromatic heterocycles. The highest BCUT2D eigenvalue weighted by molar-refractivity contribution is 7.12. The topological polar surface area (TPSA) is 76.0 Å². The number of amides is 2. The van der Waals surface area contributed by atoms with Crippen LogP contribution < -0.4 is 10.6 Å². The van der Waals surface area contributed by atoms with Gasteiger partial charge in [-0.1, -0.05) is 19.9 Å². The van der Waals surface area contributed by atoms with E-state index in [2.05, 4.69) is 15.7 Å². The van der Waals surface area contributed by atoms with Gasteiger partial charge in [0.25, 0.3) is 5.91 Å². The second-order valence-corrected chi connectivity index (χ2v) is 7.41. The number of nitrogens with zero attached hydrogens (tertiary/aromatic N) is 2. The van der Waals surface area contributed by atoms with Gasteiger partial charge in [-0.2, -0.15) is 5.10 Å². The van der Waals surface area contributed by atoms with Gasteiger partial charge in [0.1, 0.15) is 6.04 Å². The van der Waals surface area contributed by atoms with E-state index in [1.165, 1.54) is 11.3 Å². The molecule has 0 bridgehead atoms. The molecule has 25 heavy (non-hydrogen) atoms. The molecule has 2 N–H and O–H groups in total. The second-order valence-electron chi connectivity index (χ2n) is 6.47. The molecule has 2 aromatic rings. The maximum atomic E-state index is 12.4. The number of thiophene rings is 1. The zero-order chi connectivity index (χ0) is 18.4. The van der Waals surface area contributed by atoms with Crippen LogP contribution in [0.5, 0.6) is 0 Å². The first-order valence-electron chi connectivity index (χ1n) is 8.51. The van der Waals surface area contributed by atoms with Gasteiger partial charge < -0.3 is 10.6 Å². The van der Waals surface area contributed by atoms with Crippen LogP contribution in [0, 0.1) is 19.8 Å². The third-order valence-electron chi connectivity index (χ3n) is 3.93. The molecular weight excluding hydrogens is 336 g/mol. The minimum absolute atomic E-state index is 0.0138. The minimum atomic E-state index is -0.539. The van der Waals surface area contributed by atoms with Gasteiger partial charge in [0.2, 0.25) is 5.91 Å². The number of carbonyl (C=O) groups is 2. The Labute approximate surface area is 152 Å². The molecule has 2 rings (SSSR count). The Balaban J connectivity index is 1.81. The van der Waals surface area contributed by atoms with E-state index in [1.54, 1.807) is 6.07 Å². The van der Waals surface area contributed by atoms with Gasteiger partial charge >= 0.3 is 0 Å². The summed E-state index contributed by atoms with van der Waals surface area (Å²) in [6, 6.07) is 5.07. The Morgan fingerprint density at radius 1 is 1.32 bits per heavy atom. The molecule has 0 radical (unpaired) electrons. The molecular formula is C18H26N4O2S. The highest BCUT2D eigenvalue weighted by Gasteiger charge is 2.24. The molecule has 0 unspecified atom stereocenters. The zero-order valence-electron chi connectivity index (χ0n) is 15.2. The lowest BCUT2D eigenvalue weighted by molar-refractivity contribution is -0.123. The molecule has 0 aromatic carbocycles. The first kappa shape index (κ1) is 19.2. The predicted molar refractivity (Wildman–Crippen MR) is 99.7 cm³/mol. The van der Waals surface area contributed by atoms with Gasteiger partial charge in [0.05, 0.1) is 10.6 Å². The molecule has 7 heteroatoms. The van der Waals surface area contributed by atoms with E-state index in [-0.39, 0.29) is 17.7 Å². The van der Waals surface area contributed by atoms with Gasteiger partial charge in [-0.05, 0) is 43.7 Å². The van der Waals surface area contributed by atoms with E-state index in [4.69, 9.17) is 0 Å². The zero-order valence-corrected chi connectivity index (χ0v) is 16.0. The van der Waals surface area contributed by atoms with E-state index in [0.29, 0.717) is 11.4 Å². The third kappa shape index (κ3) is 5.42. The van der Waals surface area contributed by atoms with Crippen LogP contribution >= 0.6 is 11.3 Å². The Morgan fingerprint density at radius 2 is 2.08 bits per heavy atom. The van der Waals surface area contributed by atoms with Crippen molar-refractivity contribution in [3.05, 3.63) is 39.8 Å². The fraction of sp³-hybridized carbons (Fsp3) is 0.500. The molecule has 0 saturated carbocycles. The molecule has 136 valence electrons. The largest absolute Gasteiger partial charge is 0.354 e. The van der Waals surface area contributed by atoms with Crippen molar-refractivity contribution in [2.24, 2.45) is 5.92 Å². The number of nitrogens with one attached hydrogen (secondary N) is 2. The van der Waals surface area contributed by atoms with E-state index in [9.17, 15) is 9.59 Å². The fourth-order valence-corrected chi connectivity index (χ4v) is 3.23. The lowest BCUT2D eigenvalue weighted by Gasteiger charge is -2.21. The molecule has 6 nitrogen and oxygen atoms in total. The van der Waals surface area contributed by atoms with Crippen molar-refractivity contribution in [2.75, 3.05) is 6.54 Å². The summed E-state index contributed by atoms with van der Waals surface area (Å²) in [5.74, 6) is -0.334. The predicted octanol–water partition coefficient (Wildman–Crippen LogP) is 2.52. The monoisotopic (exact) mass is 362 g/mol. The molecule has 0 fully saturated rings. The van der Waals surface area contributed by atoms with Crippen LogP contribution in [0.3, 0.4) is 0 Å². The van der Waals surface area contributed by atoms with Crippen molar-refractivity contribution in [1.29, 1.82) is 0 Å². The molecule has 0 saturated heterocycles. The highest BCUT2D eigenvalue weighted by Crippen LogP contribution is 2.10. The number of aromatic nitrogens is 2. The quantitative estimate of drug-likeness (QED) is 0.709. The van der Waals surface area contributed by atoms with Crippen molar-refractivity contribution < 1.29 is 9.59 Å². The summed E-state index contributed by atoms with van der Waals surface area (Å²) in [6.07, 6.45) is 0.789. The molecule has 0 spiro atoms. The SMILES string of the molecule is Cc1cc(C)n(CCCNC(=O)[C@@H](NC(=O)c2cccs2)C(C)C)n1. The third-order valence-corrected chi connectivity index (χ3v) is 4.80. The number of aryl methyl sites for hydroxylation is 3. The Kier molecular flexibility index (Phi) is 6.75. The van der Waals surface area contributed by atoms with Crippen LogP contribution in [0.2, 0.25) is 0 Å². The second kappa shape index (κ2) is 8.80. The molecule has 0 aliphatic heterocycles. The molecule has 1 atom stereocenters. The lowest BCUT2D eigenvalue weighted by atomic mass is 10.0. The van der Waals surface area contributed by atoms with Crippen LogP contribution in [0.4, 0.5) is 0 Å². The van der Waals surface area contributed by atoms with Gasteiger partial charge in [-0.15, -0.1) is 11.3 Å². The van der Waals surface area contributed by atoms with Crippen molar-refractivity contribution in [1.82, 2.24) is 20.4 Å². The summed E-state index contributed by atoms with van der Waals surface area (Å²) in [5, 5.41) is 12.0. The van der Waals surface area contributed by atoms with E-state index < -0.39 is 6.04 Å². The lowest BCUT2D eigenvalue weighted by Crippen LogP contribution is -2.49. The van der Waals surface area contributed by atoms with Crippen molar-refractivity contribution in [3.8, 4) is 0 Å². The summed E-state index contributed by atoms with van der Waals surface area (Å²) >= 11 is 1.37. The van der Waals surface area contributed by atoms with Crippen LogP contribution in [0.15, 0.2) is 23.6 Å². The average molecular weight is 362 g/mol. The van der Waals surface area contributed by atoms with Crippen LogP contribution in [-0.4, -0.2) is 34.2 Å². The summed E-state index contributed by atoms with van der Waals surface area (Å²) in [6.45, 7) is 9.15. The average Bonchev–Trinajstić information content (AvgIpc) is 3.18. The Morgan fingerprint density at radius 3 is 2.64 bits per heavy atom. The van der Waals surface area contributed by atoms with Crippen molar-refractivity contribution in [3.63, 3.8) is 0 Å². The summed E-state index contributed by atoms with van der Waals surface area (Å²) < 4.78 is 1.94. The van der Waals surface area contributed by atoms with Crippen LogP contribution in [0.1, 0.15) is 41.3 Å². The van der Waals surface area contributed by atoms with Gasteiger partial charge in [-0.25, -0.2) is 0 Å². The van der Waals surface area contributed by atoms with Gasteiger partial charge in [0, 0.05) is 18.8 Å². The van der Waals surface area contributed by atoms with Crippen molar-refractivity contribution >= 4 is 23.2 Å². The van der Waals surface area contributed by atoms with Gasteiger partial charge in [0.15, 0.2) is 0 Å². The van der Waals surface area contributed by atoms with E-state index >= 15 is 0 Å². The molecule has 0 aliphatic carbocycles. The van der Waals surface area contributed by atoms with Crippen LogP contribution in [0.25, 0.3) is 0 Å². The summed E-state index contributed by atoms with van der Waals surface area (Å²) in [5.41, 5.74) is 2.12. The summed E-state index contributed by atoms with van der Waals surface area (Å²) in [4.78, 5) is 25.2. The minimum Gasteiger partial charge on any atom is -0.354 e.